The molecule has 2 heterocycles. The lowest BCUT2D eigenvalue weighted by Gasteiger charge is -2.07. The van der Waals surface area contributed by atoms with E-state index in [0.717, 1.165) is 0 Å². The number of carboxylic acid groups (broad SMARTS) is 1. The van der Waals surface area contributed by atoms with Gasteiger partial charge >= 0.3 is 5.97 Å². The van der Waals surface area contributed by atoms with Crippen molar-refractivity contribution in [2.24, 2.45) is 0 Å². The van der Waals surface area contributed by atoms with Crippen molar-refractivity contribution in [1.82, 2.24) is 20.1 Å². The zero-order valence-corrected chi connectivity index (χ0v) is 15.6. The second-order valence-electron chi connectivity index (χ2n) is 6.51. The molecule has 3 aromatic rings. The molecule has 8 nitrogen and oxygen atoms in total. The number of aromatic nitrogens is 3. The van der Waals surface area contributed by atoms with Gasteiger partial charge in [-0.15, -0.1) is 5.10 Å². The quantitative estimate of drug-likeness (QED) is 0.674. The van der Waals surface area contributed by atoms with Gasteiger partial charge in [0.1, 0.15) is 28.7 Å². The molecular weight excluding hydrogens is 367 g/mol. The monoisotopic (exact) mass is 386 g/mol. The lowest BCUT2D eigenvalue weighted by Crippen LogP contribution is -2.24. The maximum Gasteiger partial charge on any atom is 0.339 e. The van der Waals surface area contributed by atoms with Crippen LogP contribution in [0, 0.1) is 12.7 Å². The lowest BCUT2D eigenvalue weighted by molar-refractivity contribution is 0.0694. The number of furan rings is 1. The fraction of sp³-hybridized carbons (Fsp3) is 0.263. The number of benzene rings is 1. The fourth-order valence-electron chi connectivity index (χ4n) is 2.68. The SMILES string of the molecule is Cc1oc(CNC(=O)c2nc(C(C)C)n(-c3cccc(F)c3)n2)cc1C(=O)O. The highest BCUT2D eigenvalue weighted by atomic mass is 19.1. The first-order valence-corrected chi connectivity index (χ1v) is 8.60. The van der Waals surface area contributed by atoms with E-state index in [1.165, 1.54) is 29.8 Å². The maximum absolute atomic E-state index is 13.6. The number of carbonyl (C=O) groups excluding carboxylic acids is 1. The van der Waals surface area contributed by atoms with E-state index in [2.05, 4.69) is 15.4 Å². The Balaban J connectivity index is 1.81. The first-order chi connectivity index (χ1) is 13.3. The number of carbonyl (C=O) groups is 2. The maximum atomic E-state index is 13.6. The predicted octanol–water partition coefficient (Wildman–Crippen LogP) is 3.06. The molecule has 1 amide bonds. The summed E-state index contributed by atoms with van der Waals surface area (Å²) in [6.45, 7) is 5.30. The fourth-order valence-corrected chi connectivity index (χ4v) is 2.68. The summed E-state index contributed by atoms with van der Waals surface area (Å²) in [5.74, 6) is -1.13. The van der Waals surface area contributed by atoms with Crippen LogP contribution >= 0.6 is 0 Å². The average molecular weight is 386 g/mol. The lowest BCUT2D eigenvalue weighted by atomic mass is 10.2. The molecule has 0 unspecified atom stereocenters. The van der Waals surface area contributed by atoms with Gasteiger partial charge < -0.3 is 14.8 Å². The average Bonchev–Trinajstić information content (AvgIpc) is 3.24. The van der Waals surface area contributed by atoms with Crippen LogP contribution in [0.5, 0.6) is 0 Å². The molecule has 3 rings (SSSR count). The van der Waals surface area contributed by atoms with Crippen LogP contribution in [-0.2, 0) is 6.54 Å². The van der Waals surface area contributed by atoms with E-state index in [0.29, 0.717) is 17.3 Å². The van der Waals surface area contributed by atoms with Gasteiger partial charge in [0.05, 0.1) is 12.2 Å². The number of hydrogen-bond donors (Lipinski definition) is 2. The van der Waals surface area contributed by atoms with E-state index in [4.69, 9.17) is 9.52 Å². The molecule has 28 heavy (non-hydrogen) atoms. The van der Waals surface area contributed by atoms with Crippen molar-refractivity contribution in [3.63, 3.8) is 0 Å². The number of aryl methyl sites for hydroxylation is 1. The number of nitrogens with one attached hydrogen (secondary N) is 1. The summed E-state index contributed by atoms with van der Waals surface area (Å²) in [5, 5.41) is 15.9. The normalized spacial score (nSPS) is 11.0. The minimum atomic E-state index is -1.10. The van der Waals surface area contributed by atoms with Gasteiger partial charge in [0.25, 0.3) is 5.91 Å². The third-order valence-corrected chi connectivity index (χ3v) is 4.03. The molecule has 146 valence electrons. The van der Waals surface area contributed by atoms with Crippen LogP contribution in [-0.4, -0.2) is 31.7 Å². The molecule has 0 spiro atoms. The Hall–Kier alpha value is -3.49. The molecule has 2 N–H and O–H groups in total. The highest BCUT2D eigenvalue weighted by Gasteiger charge is 2.20. The van der Waals surface area contributed by atoms with Crippen molar-refractivity contribution < 1.29 is 23.5 Å². The second-order valence-corrected chi connectivity index (χ2v) is 6.51. The van der Waals surface area contributed by atoms with E-state index >= 15 is 0 Å². The predicted molar refractivity (Wildman–Crippen MR) is 97.0 cm³/mol. The highest BCUT2D eigenvalue weighted by Crippen LogP contribution is 2.18. The summed E-state index contributed by atoms with van der Waals surface area (Å²) in [6, 6.07) is 7.21. The molecular formula is C19H19FN4O4. The number of amides is 1. The van der Waals surface area contributed by atoms with E-state index < -0.39 is 17.7 Å². The molecule has 0 bridgehead atoms. The van der Waals surface area contributed by atoms with E-state index in [1.807, 2.05) is 13.8 Å². The molecule has 2 aromatic heterocycles. The van der Waals surface area contributed by atoms with Gasteiger partial charge in [0.15, 0.2) is 0 Å². The molecule has 0 aliphatic carbocycles. The van der Waals surface area contributed by atoms with Crippen molar-refractivity contribution in [3.8, 4) is 5.69 Å². The standard InChI is InChI=1S/C19H19FN4O4/c1-10(2)17-22-16(23-24(17)13-6-4-5-12(20)7-13)18(25)21-9-14-8-15(19(26)27)11(3)28-14/h4-8,10H,9H2,1-3H3,(H,21,25)(H,26,27). The van der Waals surface area contributed by atoms with Gasteiger partial charge in [-0.25, -0.2) is 18.9 Å². The molecule has 0 aliphatic rings. The van der Waals surface area contributed by atoms with E-state index in [9.17, 15) is 14.0 Å². The Morgan fingerprint density at radius 2 is 2.07 bits per heavy atom. The van der Waals surface area contributed by atoms with Crippen LogP contribution < -0.4 is 5.32 Å². The van der Waals surface area contributed by atoms with Gasteiger partial charge in [0, 0.05) is 5.92 Å². The molecule has 0 fully saturated rings. The summed E-state index contributed by atoms with van der Waals surface area (Å²) >= 11 is 0. The zero-order valence-electron chi connectivity index (χ0n) is 15.6. The van der Waals surface area contributed by atoms with Gasteiger partial charge in [0.2, 0.25) is 5.82 Å². The Labute approximate surface area is 160 Å². The molecule has 0 atom stereocenters. The summed E-state index contributed by atoms with van der Waals surface area (Å²) in [5.41, 5.74) is 0.503. The third-order valence-electron chi connectivity index (χ3n) is 4.03. The van der Waals surface area contributed by atoms with E-state index in [1.54, 1.807) is 12.1 Å². The number of rotatable bonds is 6. The molecule has 0 radical (unpaired) electrons. The summed E-state index contributed by atoms with van der Waals surface area (Å²) in [4.78, 5) is 27.8. The molecule has 0 saturated carbocycles. The number of hydrogen-bond acceptors (Lipinski definition) is 5. The Morgan fingerprint density at radius 3 is 2.68 bits per heavy atom. The van der Waals surface area contributed by atoms with Crippen LogP contribution in [0.4, 0.5) is 4.39 Å². The smallest absolute Gasteiger partial charge is 0.339 e. The van der Waals surface area contributed by atoms with Gasteiger partial charge in [-0.2, -0.15) is 0 Å². The van der Waals surface area contributed by atoms with Crippen molar-refractivity contribution in [3.05, 3.63) is 64.9 Å². The Morgan fingerprint density at radius 1 is 1.32 bits per heavy atom. The Kier molecular flexibility index (Phi) is 5.25. The number of carboxylic acids is 1. The van der Waals surface area contributed by atoms with Gasteiger partial charge in [-0.3, -0.25) is 4.79 Å². The summed E-state index contributed by atoms with van der Waals surface area (Å²) in [7, 11) is 0. The Bertz CT molecular complexity index is 1040. The number of halogens is 1. The molecule has 0 saturated heterocycles. The zero-order chi connectivity index (χ0) is 20.4. The van der Waals surface area contributed by atoms with E-state index in [-0.39, 0.29) is 29.6 Å². The summed E-state index contributed by atoms with van der Waals surface area (Å²) in [6.07, 6.45) is 0. The van der Waals surface area contributed by atoms with Crippen LogP contribution in [0.1, 0.15) is 58.1 Å². The number of aromatic carboxylic acids is 1. The van der Waals surface area contributed by atoms with Crippen molar-refractivity contribution in [1.29, 1.82) is 0 Å². The highest BCUT2D eigenvalue weighted by molar-refractivity contribution is 5.90. The van der Waals surface area contributed by atoms with Crippen LogP contribution in [0.15, 0.2) is 34.7 Å². The molecule has 1 aromatic carbocycles. The first kappa shape index (κ1) is 19.3. The minimum absolute atomic E-state index is 0.0154. The van der Waals surface area contributed by atoms with Crippen LogP contribution in [0.2, 0.25) is 0 Å². The summed E-state index contributed by atoms with van der Waals surface area (Å²) < 4.78 is 20.3. The van der Waals surface area contributed by atoms with Crippen molar-refractivity contribution >= 4 is 11.9 Å². The number of nitrogens with zero attached hydrogens (tertiary/aromatic N) is 3. The third kappa shape index (κ3) is 3.93. The van der Waals surface area contributed by atoms with Crippen LogP contribution in [0.3, 0.4) is 0 Å². The van der Waals surface area contributed by atoms with Crippen molar-refractivity contribution in [2.75, 3.05) is 0 Å². The topological polar surface area (TPSA) is 110 Å². The minimum Gasteiger partial charge on any atom is -0.478 e. The van der Waals surface area contributed by atoms with Gasteiger partial charge in [-0.05, 0) is 31.2 Å². The molecule has 0 aliphatic heterocycles. The molecule has 9 heteroatoms. The van der Waals surface area contributed by atoms with Gasteiger partial charge in [-0.1, -0.05) is 19.9 Å². The largest absolute Gasteiger partial charge is 0.478 e. The first-order valence-electron chi connectivity index (χ1n) is 8.60. The van der Waals surface area contributed by atoms with Crippen LogP contribution in [0.25, 0.3) is 5.69 Å². The second kappa shape index (κ2) is 7.63. The van der Waals surface area contributed by atoms with Crippen molar-refractivity contribution in [2.45, 2.75) is 33.2 Å².